The van der Waals surface area contributed by atoms with Gasteiger partial charge in [-0.05, 0) is 0 Å². The molecule has 4 rings (SSSR count). The van der Waals surface area contributed by atoms with E-state index in [4.69, 9.17) is 14.2 Å². The molecule has 0 aliphatic carbocycles. The van der Waals surface area contributed by atoms with Gasteiger partial charge in [0, 0.05) is 11.1 Å². The number of fused-ring (bicyclic) bond motifs is 1. The van der Waals surface area contributed by atoms with Crippen molar-refractivity contribution in [3.8, 4) is 0 Å². The molecule has 2 aromatic carbocycles. The normalized spacial score (nSPS) is 27.4. The van der Waals surface area contributed by atoms with Crippen molar-refractivity contribution in [2.24, 2.45) is 0 Å². The smallest absolute Gasteiger partial charge is 0.222 e. The zero-order chi connectivity index (χ0) is 13.4. The molecule has 102 valence electrons. The summed E-state index contributed by atoms with van der Waals surface area (Å²) in [7, 11) is 0. The summed E-state index contributed by atoms with van der Waals surface area (Å²) in [6, 6.07) is 20.2. The Balaban J connectivity index is 1.80. The van der Waals surface area contributed by atoms with Crippen LogP contribution in [0.25, 0.3) is 0 Å². The topological polar surface area (TPSA) is 31.0 Å². The van der Waals surface area contributed by atoms with Crippen LogP contribution in [0.1, 0.15) is 11.1 Å². The second-order valence-electron chi connectivity index (χ2n) is 5.18. The second kappa shape index (κ2) is 4.70. The summed E-state index contributed by atoms with van der Waals surface area (Å²) in [6.07, 6.45) is 0.369. The molecule has 2 atom stereocenters. The van der Waals surface area contributed by atoms with Crippen molar-refractivity contribution in [1.29, 1.82) is 0 Å². The van der Waals surface area contributed by atoms with Crippen LogP contribution in [-0.2, 0) is 20.0 Å². The van der Waals surface area contributed by atoms with E-state index in [1.54, 1.807) is 0 Å². The molecule has 2 saturated heterocycles. The van der Waals surface area contributed by atoms with Crippen LogP contribution >= 0.6 is 0 Å². The SMILES string of the molecule is c1ccc(C2(c3ccccc3)OC[C@@H]3O[C@@H]3CO2)cc1. The van der Waals surface area contributed by atoms with Crippen LogP contribution in [0, 0.1) is 0 Å². The first kappa shape index (κ1) is 12.1. The predicted octanol–water partition coefficient (Wildman–Crippen LogP) is 2.70. The number of rotatable bonds is 2. The molecular formula is C17H16O3. The highest BCUT2D eigenvalue weighted by Crippen LogP contribution is 2.40. The van der Waals surface area contributed by atoms with Gasteiger partial charge in [0.2, 0.25) is 5.79 Å². The van der Waals surface area contributed by atoms with E-state index < -0.39 is 5.79 Å². The molecule has 0 saturated carbocycles. The Bertz CT molecular complexity index is 528. The third-order valence-electron chi connectivity index (χ3n) is 3.90. The molecule has 0 amide bonds. The van der Waals surface area contributed by atoms with Crippen LogP contribution in [0.3, 0.4) is 0 Å². The van der Waals surface area contributed by atoms with Gasteiger partial charge in [0.15, 0.2) is 0 Å². The maximum Gasteiger partial charge on any atom is 0.222 e. The first-order valence-corrected chi connectivity index (χ1v) is 6.93. The van der Waals surface area contributed by atoms with Gasteiger partial charge in [0.1, 0.15) is 12.2 Å². The first-order valence-electron chi connectivity index (χ1n) is 6.93. The van der Waals surface area contributed by atoms with Crippen LogP contribution in [0.5, 0.6) is 0 Å². The largest absolute Gasteiger partial charge is 0.365 e. The van der Waals surface area contributed by atoms with E-state index >= 15 is 0 Å². The highest BCUT2D eigenvalue weighted by atomic mass is 16.7. The summed E-state index contributed by atoms with van der Waals surface area (Å²) >= 11 is 0. The molecule has 3 heteroatoms. The van der Waals surface area contributed by atoms with Gasteiger partial charge >= 0.3 is 0 Å². The Morgan fingerprint density at radius 1 is 0.700 bits per heavy atom. The summed E-state index contributed by atoms with van der Waals surface area (Å²) in [6.45, 7) is 1.13. The van der Waals surface area contributed by atoms with Crippen molar-refractivity contribution < 1.29 is 14.2 Å². The standard InChI is InChI=1S/C17H16O3/c1-3-7-13(8-4-1)17(14-9-5-2-6-10-14)18-11-15-16(20-15)12-19-17/h1-10,15-16H,11-12H2/t15-,16+. The number of hydrogen-bond donors (Lipinski definition) is 0. The van der Waals surface area contributed by atoms with Gasteiger partial charge in [-0.1, -0.05) is 60.7 Å². The lowest BCUT2D eigenvalue weighted by molar-refractivity contribution is -0.217. The molecule has 3 nitrogen and oxygen atoms in total. The summed E-state index contributed by atoms with van der Waals surface area (Å²) in [5.74, 6) is -0.820. The van der Waals surface area contributed by atoms with E-state index in [-0.39, 0.29) is 12.2 Å². The fourth-order valence-corrected chi connectivity index (χ4v) is 2.73. The predicted molar refractivity (Wildman–Crippen MR) is 74.2 cm³/mol. The molecule has 2 aliphatic rings. The monoisotopic (exact) mass is 268 g/mol. The second-order valence-corrected chi connectivity index (χ2v) is 5.18. The molecule has 0 radical (unpaired) electrons. The zero-order valence-electron chi connectivity index (χ0n) is 11.1. The van der Waals surface area contributed by atoms with Crippen molar-refractivity contribution in [3.63, 3.8) is 0 Å². The average molecular weight is 268 g/mol. The molecule has 0 N–H and O–H groups in total. The summed E-state index contributed by atoms with van der Waals surface area (Å²) in [5, 5.41) is 0. The maximum atomic E-state index is 6.17. The summed E-state index contributed by atoms with van der Waals surface area (Å²) < 4.78 is 17.8. The Hall–Kier alpha value is -1.68. The van der Waals surface area contributed by atoms with Gasteiger partial charge in [-0.15, -0.1) is 0 Å². The highest BCUT2D eigenvalue weighted by molar-refractivity contribution is 5.34. The van der Waals surface area contributed by atoms with Crippen molar-refractivity contribution in [2.45, 2.75) is 18.0 Å². The molecular weight excluding hydrogens is 252 g/mol. The van der Waals surface area contributed by atoms with Crippen LogP contribution in [-0.4, -0.2) is 25.4 Å². The van der Waals surface area contributed by atoms with E-state index in [9.17, 15) is 0 Å². The molecule has 0 spiro atoms. The summed E-state index contributed by atoms with van der Waals surface area (Å²) in [5.41, 5.74) is 2.04. The van der Waals surface area contributed by atoms with Crippen LogP contribution in [0.4, 0.5) is 0 Å². The van der Waals surface area contributed by atoms with Crippen LogP contribution in [0.2, 0.25) is 0 Å². The van der Waals surface area contributed by atoms with Gasteiger partial charge in [0.05, 0.1) is 13.2 Å². The maximum absolute atomic E-state index is 6.17. The Morgan fingerprint density at radius 3 is 1.60 bits per heavy atom. The highest BCUT2D eigenvalue weighted by Gasteiger charge is 2.49. The Kier molecular flexibility index (Phi) is 2.84. The molecule has 20 heavy (non-hydrogen) atoms. The number of hydrogen-bond acceptors (Lipinski definition) is 3. The third-order valence-corrected chi connectivity index (χ3v) is 3.90. The third kappa shape index (κ3) is 1.95. The van der Waals surface area contributed by atoms with Crippen molar-refractivity contribution in [3.05, 3.63) is 71.8 Å². The number of epoxide rings is 1. The van der Waals surface area contributed by atoms with E-state index in [1.165, 1.54) is 0 Å². The van der Waals surface area contributed by atoms with Gasteiger partial charge < -0.3 is 14.2 Å². The van der Waals surface area contributed by atoms with Crippen molar-refractivity contribution in [1.82, 2.24) is 0 Å². The fourth-order valence-electron chi connectivity index (χ4n) is 2.73. The average Bonchev–Trinajstić information content (AvgIpc) is 3.28. The quantitative estimate of drug-likeness (QED) is 0.785. The lowest BCUT2D eigenvalue weighted by Gasteiger charge is -2.33. The first-order chi connectivity index (χ1) is 9.88. The van der Waals surface area contributed by atoms with Crippen molar-refractivity contribution >= 4 is 0 Å². The van der Waals surface area contributed by atoms with Crippen LogP contribution in [0.15, 0.2) is 60.7 Å². The minimum atomic E-state index is -0.820. The summed E-state index contributed by atoms with van der Waals surface area (Å²) in [4.78, 5) is 0. The minimum absolute atomic E-state index is 0.185. The molecule has 0 unspecified atom stereocenters. The van der Waals surface area contributed by atoms with Gasteiger partial charge in [-0.25, -0.2) is 0 Å². The zero-order valence-corrected chi connectivity index (χ0v) is 11.1. The number of ether oxygens (including phenoxy) is 3. The Morgan fingerprint density at radius 2 is 1.15 bits per heavy atom. The minimum Gasteiger partial charge on any atom is -0.365 e. The molecule has 0 bridgehead atoms. The molecule has 2 aromatic rings. The van der Waals surface area contributed by atoms with E-state index in [1.807, 2.05) is 60.7 Å². The molecule has 0 aromatic heterocycles. The van der Waals surface area contributed by atoms with E-state index in [0.717, 1.165) is 11.1 Å². The Labute approximate surface area is 118 Å². The van der Waals surface area contributed by atoms with Gasteiger partial charge in [0.25, 0.3) is 0 Å². The van der Waals surface area contributed by atoms with Crippen LogP contribution < -0.4 is 0 Å². The molecule has 2 heterocycles. The fraction of sp³-hybridized carbons (Fsp3) is 0.294. The lowest BCUT2D eigenvalue weighted by Crippen LogP contribution is -2.35. The molecule has 2 aliphatic heterocycles. The number of benzene rings is 2. The van der Waals surface area contributed by atoms with Gasteiger partial charge in [-0.2, -0.15) is 0 Å². The van der Waals surface area contributed by atoms with E-state index in [0.29, 0.717) is 13.2 Å². The molecule has 2 fully saturated rings. The van der Waals surface area contributed by atoms with Crippen molar-refractivity contribution in [2.75, 3.05) is 13.2 Å². The lowest BCUT2D eigenvalue weighted by atomic mass is 9.97. The van der Waals surface area contributed by atoms with E-state index in [2.05, 4.69) is 0 Å². The van der Waals surface area contributed by atoms with Gasteiger partial charge in [-0.3, -0.25) is 0 Å².